The van der Waals surface area contributed by atoms with Crippen molar-refractivity contribution >= 4 is 11.8 Å². The Labute approximate surface area is 88.5 Å². The molecule has 0 radical (unpaired) electrons. The van der Waals surface area contributed by atoms with Crippen LogP contribution in [0.4, 0.5) is 0 Å². The Morgan fingerprint density at radius 1 is 1.50 bits per heavy atom. The van der Waals surface area contributed by atoms with Crippen LogP contribution in [-0.2, 0) is 5.41 Å². The van der Waals surface area contributed by atoms with E-state index in [9.17, 15) is 5.11 Å². The summed E-state index contributed by atoms with van der Waals surface area (Å²) >= 11 is 1.68. The monoisotopic (exact) mass is 209 g/mol. The molecule has 1 fully saturated rings. The van der Waals surface area contributed by atoms with E-state index in [2.05, 4.69) is 6.07 Å². The maximum Gasteiger partial charge on any atom is 0.120 e. The van der Waals surface area contributed by atoms with E-state index in [1.807, 2.05) is 12.3 Å². The Balaban J connectivity index is 2.50. The number of benzene rings is 1. The van der Waals surface area contributed by atoms with Crippen LogP contribution in [0.3, 0.4) is 0 Å². The first-order valence-electron chi connectivity index (χ1n) is 4.80. The van der Waals surface area contributed by atoms with E-state index < -0.39 is 0 Å². The van der Waals surface area contributed by atoms with Gasteiger partial charge in [0.05, 0.1) is 0 Å². The normalized spacial score (nSPS) is 18.1. The van der Waals surface area contributed by atoms with Crippen LogP contribution in [0.5, 0.6) is 5.75 Å². The second kappa shape index (κ2) is 3.48. The molecular formula is C11H15NOS. The lowest BCUT2D eigenvalue weighted by molar-refractivity contribution is 0.455. The molecule has 0 heterocycles. The van der Waals surface area contributed by atoms with Crippen molar-refractivity contribution < 1.29 is 5.11 Å². The van der Waals surface area contributed by atoms with Gasteiger partial charge in [0.15, 0.2) is 0 Å². The molecular weight excluding hydrogens is 194 g/mol. The molecule has 1 aromatic rings. The van der Waals surface area contributed by atoms with Gasteiger partial charge in [-0.15, -0.1) is 11.8 Å². The lowest BCUT2D eigenvalue weighted by Gasteiger charge is -2.17. The maximum absolute atomic E-state index is 9.86. The van der Waals surface area contributed by atoms with Crippen molar-refractivity contribution in [3.8, 4) is 5.75 Å². The van der Waals surface area contributed by atoms with Gasteiger partial charge in [-0.2, -0.15) is 0 Å². The van der Waals surface area contributed by atoms with Gasteiger partial charge >= 0.3 is 0 Å². The second-order valence-electron chi connectivity index (χ2n) is 3.84. The van der Waals surface area contributed by atoms with Crippen LogP contribution < -0.4 is 5.73 Å². The van der Waals surface area contributed by atoms with E-state index >= 15 is 0 Å². The van der Waals surface area contributed by atoms with E-state index in [1.165, 1.54) is 0 Å². The highest BCUT2D eigenvalue weighted by molar-refractivity contribution is 7.98. The lowest BCUT2D eigenvalue weighted by Crippen LogP contribution is -2.20. The van der Waals surface area contributed by atoms with Gasteiger partial charge in [0.25, 0.3) is 0 Å². The van der Waals surface area contributed by atoms with E-state index in [0.717, 1.165) is 23.3 Å². The Morgan fingerprint density at radius 2 is 2.21 bits per heavy atom. The first kappa shape index (κ1) is 9.87. The van der Waals surface area contributed by atoms with Crippen LogP contribution in [0.15, 0.2) is 23.1 Å². The van der Waals surface area contributed by atoms with Gasteiger partial charge in [0.1, 0.15) is 5.75 Å². The first-order valence-corrected chi connectivity index (χ1v) is 6.02. The topological polar surface area (TPSA) is 46.2 Å². The summed E-state index contributed by atoms with van der Waals surface area (Å²) in [5.41, 5.74) is 6.91. The largest absolute Gasteiger partial charge is 0.508 e. The molecule has 2 rings (SSSR count). The molecule has 1 saturated carbocycles. The van der Waals surface area contributed by atoms with Crippen molar-refractivity contribution in [1.29, 1.82) is 0 Å². The fraction of sp³-hybridized carbons (Fsp3) is 0.455. The highest BCUT2D eigenvalue weighted by atomic mass is 32.2. The quantitative estimate of drug-likeness (QED) is 0.749. The minimum Gasteiger partial charge on any atom is -0.508 e. The smallest absolute Gasteiger partial charge is 0.120 e. The average molecular weight is 209 g/mol. The Hall–Kier alpha value is -0.670. The Kier molecular flexibility index (Phi) is 2.45. The molecule has 3 heteroatoms. The number of phenolic OH excluding ortho intramolecular Hbond substituents is 1. The van der Waals surface area contributed by atoms with Gasteiger partial charge in [-0.1, -0.05) is 6.07 Å². The zero-order chi connectivity index (χ0) is 10.2. The van der Waals surface area contributed by atoms with Crippen molar-refractivity contribution in [3.63, 3.8) is 0 Å². The number of nitrogens with two attached hydrogens (primary N) is 1. The van der Waals surface area contributed by atoms with Crippen LogP contribution in [-0.4, -0.2) is 17.9 Å². The van der Waals surface area contributed by atoms with Crippen LogP contribution in [0.2, 0.25) is 0 Å². The van der Waals surface area contributed by atoms with Gasteiger partial charge in [-0.05, 0) is 31.2 Å². The summed E-state index contributed by atoms with van der Waals surface area (Å²) in [5, 5.41) is 9.86. The van der Waals surface area contributed by atoms with Gasteiger partial charge in [0, 0.05) is 22.4 Å². The summed E-state index contributed by atoms with van der Waals surface area (Å²) < 4.78 is 0. The molecule has 76 valence electrons. The van der Waals surface area contributed by atoms with E-state index in [0.29, 0.717) is 12.3 Å². The Morgan fingerprint density at radius 3 is 2.71 bits per heavy atom. The lowest BCUT2D eigenvalue weighted by atomic mass is 9.95. The van der Waals surface area contributed by atoms with Gasteiger partial charge in [-0.25, -0.2) is 0 Å². The summed E-state index contributed by atoms with van der Waals surface area (Å²) in [7, 11) is 0. The average Bonchev–Trinajstić information content (AvgIpc) is 2.98. The van der Waals surface area contributed by atoms with E-state index in [4.69, 9.17) is 5.73 Å². The molecule has 0 bridgehead atoms. The third kappa shape index (κ3) is 1.41. The number of hydrogen-bond donors (Lipinski definition) is 2. The zero-order valence-corrected chi connectivity index (χ0v) is 9.10. The molecule has 14 heavy (non-hydrogen) atoms. The van der Waals surface area contributed by atoms with Crippen molar-refractivity contribution in [1.82, 2.24) is 0 Å². The summed E-state index contributed by atoms with van der Waals surface area (Å²) in [4.78, 5) is 1.16. The molecule has 0 amide bonds. The number of rotatable bonds is 3. The predicted molar refractivity (Wildman–Crippen MR) is 59.9 cm³/mol. The van der Waals surface area contributed by atoms with Crippen molar-refractivity contribution in [2.24, 2.45) is 5.73 Å². The number of aromatic hydroxyl groups is 1. The van der Waals surface area contributed by atoms with Gasteiger partial charge < -0.3 is 10.8 Å². The summed E-state index contributed by atoms with van der Waals surface area (Å²) in [5.74, 6) is 0.403. The van der Waals surface area contributed by atoms with E-state index in [-0.39, 0.29) is 5.41 Å². The number of thioether (sulfide) groups is 1. The SMILES string of the molecule is CSc1cccc(O)c1C1(CN)CC1. The molecule has 0 atom stereocenters. The minimum atomic E-state index is 0.0731. The van der Waals surface area contributed by atoms with E-state index in [1.54, 1.807) is 17.8 Å². The predicted octanol–water partition coefficient (Wildman–Crippen LogP) is 2.10. The molecule has 2 nitrogen and oxygen atoms in total. The highest BCUT2D eigenvalue weighted by Gasteiger charge is 2.45. The molecule has 1 aliphatic carbocycles. The molecule has 0 spiro atoms. The third-order valence-electron chi connectivity index (χ3n) is 3.00. The molecule has 1 aliphatic rings. The van der Waals surface area contributed by atoms with Crippen LogP contribution >= 0.6 is 11.8 Å². The molecule has 0 aliphatic heterocycles. The van der Waals surface area contributed by atoms with Gasteiger partial charge in [-0.3, -0.25) is 0 Å². The molecule has 1 aromatic carbocycles. The standard InChI is InChI=1S/C11H15NOS/c1-14-9-4-2-3-8(13)10(9)11(7-12)5-6-11/h2-4,13H,5-7,12H2,1H3. The maximum atomic E-state index is 9.86. The summed E-state index contributed by atoms with van der Waals surface area (Å²) in [6.07, 6.45) is 4.24. The second-order valence-corrected chi connectivity index (χ2v) is 4.69. The van der Waals surface area contributed by atoms with Gasteiger partial charge in [0.2, 0.25) is 0 Å². The third-order valence-corrected chi connectivity index (χ3v) is 3.78. The van der Waals surface area contributed by atoms with Crippen LogP contribution in [0.1, 0.15) is 18.4 Å². The van der Waals surface area contributed by atoms with Crippen molar-refractivity contribution in [2.45, 2.75) is 23.2 Å². The molecule has 0 aromatic heterocycles. The summed E-state index contributed by atoms with van der Waals surface area (Å²) in [6, 6.07) is 5.69. The molecule has 0 saturated heterocycles. The first-order chi connectivity index (χ1) is 6.73. The molecule has 3 N–H and O–H groups in total. The fourth-order valence-corrected chi connectivity index (χ4v) is 2.67. The van der Waals surface area contributed by atoms with Crippen LogP contribution in [0.25, 0.3) is 0 Å². The van der Waals surface area contributed by atoms with Crippen LogP contribution in [0, 0.1) is 0 Å². The number of hydrogen-bond acceptors (Lipinski definition) is 3. The Bertz CT molecular complexity index is 347. The molecule has 0 unspecified atom stereocenters. The minimum absolute atomic E-state index is 0.0731. The zero-order valence-electron chi connectivity index (χ0n) is 8.29. The van der Waals surface area contributed by atoms with Crippen molar-refractivity contribution in [2.75, 3.05) is 12.8 Å². The number of phenols is 1. The fourth-order valence-electron chi connectivity index (χ4n) is 1.93. The summed E-state index contributed by atoms with van der Waals surface area (Å²) in [6.45, 7) is 0.637. The highest BCUT2D eigenvalue weighted by Crippen LogP contribution is 2.52. The van der Waals surface area contributed by atoms with Crippen molar-refractivity contribution in [3.05, 3.63) is 23.8 Å².